The third-order valence-corrected chi connectivity index (χ3v) is 4.79. The van der Waals surface area contributed by atoms with Crippen LogP contribution in [-0.4, -0.2) is 38.4 Å². The Kier molecular flexibility index (Phi) is 5.11. The van der Waals surface area contributed by atoms with Crippen LogP contribution < -0.4 is 10.1 Å². The minimum atomic E-state index is -0.339. The zero-order valence-corrected chi connectivity index (χ0v) is 14.6. The first-order valence-electron chi connectivity index (χ1n) is 7.09. The average Bonchev–Trinajstić information content (AvgIpc) is 3.27. The van der Waals surface area contributed by atoms with E-state index in [-0.39, 0.29) is 11.2 Å². The Morgan fingerprint density at radius 2 is 2.17 bits per heavy atom. The van der Waals surface area contributed by atoms with E-state index < -0.39 is 0 Å². The highest BCUT2D eigenvalue weighted by atomic mass is 32.2. The Morgan fingerprint density at radius 3 is 2.83 bits per heavy atom. The number of carbonyl (C=O) groups excluding carboxylic acids is 1. The van der Waals surface area contributed by atoms with Gasteiger partial charge in [0.25, 0.3) is 0 Å². The number of benzene rings is 1. The molecule has 0 saturated heterocycles. The van der Waals surface area contributed by atoms with Gasteiger partial charge in [0.05, 0.1) is 12.4 Å². The zero-order chi connectivity index (χ0) is 16.9. The molecule has 3 aromatic rings. The molecule has 1 aromatic carbocycles. The fourth-order valence-electron chi connectivity index (χ4n) is 1.88. The maximum atomic E-state index is 12.1. The number of thiazole rings is 1. The number of aromatic amines is 1. The molecule has 0 radical (unpaired) electrons. The van der Waals surface area contributed by atoms with Crippen molar-refractivity contribution in [1.29, 1.82) is 0 Å². The van der Waals surface area contributed by atoms with Crippen LogP contribution in [0.2, 0.25) is 0 Å². The van der Waals surface area contributed by atoms with Gasteiger partial charge in [-0.25, -0.2) is 9.97 Å². The van der Waals surface area contributed by atoms with Crippen molar-refractivity contribution in [1.82, 2.24) is 20.2 Å². The lowest BCUT2D eigenvalue weighted by Crippen LogP contribution is -2.22. The molecule has 2 heterocycles. The molecule has 0 fully saturated rings. The second-order valence-electron chi connectivity index (χ2n) is 4.78. The molecule has 0 spiro atoms. The number of hydrogen-bond donors (Lipinski definition) is 2. The number of carbonyl (C=O) groups is 1. The quantitative estimate of drug-likeness (QED) is 0.656. The van der Waals surface area contributed by atoms with Crippen LogP contribution in [0.25, 0.3) is 11.4 Å². The van der Waals surface area contributed by atoms with Crippen LogP contribution in [-0.2, 0) is 4.79 Å². The van der Waals surface area contributed by atoms with Gasteiger partial charge in [0.15, 0.2) is 11.0 Å². The zero-order valence-electron chi connectivity index (χ0n) is 13.0. The minimum Gasteiger partial charge on any atom is -0.497 e. The predicted molar refractivity (Wildman–Crippen MR) is 94.4 cm³/mol. The van der Waals surface area contributed by atoms with E-state index in [0.717, 1.165) is 11.3 Å². The molecule has 24 heavy (non-hydrogen) atoms. The number of methoxy groups -OCH3 is 1. The molecule has 9 heteroatoms. The lowest BCUT2D eigenvalue weighted by atomic mass is 10.2. The van der Waals surface area contributed by atoms with E-state index in [1.807, 2.05) is 29.6 Å². The molecule has 1 atom stereocenters. The number of hydrogen-bond acceptors (Lipinski definition) is 7. The Hall–Kier alpha value is -2.39. The largest absolute Gasteiger partial charge is 0.497 e. The molecule has 2 aromatic heterocycles. The highest BCUT2D eigenvalue weighted by Gasteiger charge is 2.18. The molecule has 3 rings (SSSR count). The van der Waals surface area contributed by atoms with Crippen molar-refractivity contribution in [3.05, 3.63) is 35.8 Å². The van der Waals surface area contributed by atoms with Crippen LogP contribution in [0.15, 0.2) is 41.0 Å². The molecule has 0 saturated carbocycles. The summed E-state index contributed by atoms with van der Waals surface area (Å²) in [5, 5.41) is 12.4. The van der Waals surface area contributed by atoms with E-state index in [0.29, 0.717) is 16.1 Å². The van der Waals surface area contributed by atoms with Crippen molar-refractivity contribution in [2.75, 3.05) is 12.4 Å². The highest BCUT2D eigenvalue weighted by Crippen LogP contribution is 2.25. The van der Waals surface area contributed by atoms with Gasteiger partial charge in [0, 0.05) is 17.1 Å². The Labute approximate surface area is 146 Å². The van der Waals surface area contributed by atoms with E-state index in [4.69, 9.17) is 4.74 Å². The number of nitrogens with zero attached hydrogens (tertiary/aromatic N) is 3. The van der Waals surface area contributed by atoms with Gasteiger partial charge in [-0.15, -0.1) is 16.4 Å². The van der Waals surface area contributed by atoms with Crippen LogP contribution in [0.4, 0.5) is 5.13 Å². The molecular weight excluding hydrogens is 346 g/mol. The van der Waals surface area contributed by atoms with Crippen LogP contribution >= 0.6 is 23.1 Å². The second kappa shape index (κ2) is 7.45. The second-order valence-corrected chi connectivity index (χ2v) is 6.98. The molecule has 0 unspecified atom stereocenters. The first-order valence-corrected chi connectivity index (χ1v) is 8.85. The highest BCUT2D eigenvalue weighted by molar-refractivity contribution is 8.00. The van der Waals surface area contributed by atoms with Gasteiger partial charge in [-0.2, -0.15) is 0 Å². The monoisotopic (exact) mass is 361 g/mol. The van der Waals surface area contributed by atoms with Gasteiger partial charge in [0.2, 0.25) is 11.1 Å². The van der Waals surface area contributed by atoms with Crippen molar-refractivity contribution < 1.29 is 9.53 Å². The summed E-state index contributed by atoms with van der Waals surface area (Å²) in [6.07, 6.45) is 1.65. The number of ether oxygens (including phenoxy) is 1. The summed E-state index contributed by atoms with van der Waals surface area (Å²) < 4.78 is 5.13. The maximum Gasteiger partial charge on any atom is 0.239 e. The third-order valence-electron chi connectivity index (χ3n) is 3.14. The molecule has 0 aliphatic rings. The number of anilines is 1. The van der Waals surface area contributed by atoms with E-state index in [1.165, 1.54) is 23.1 Å². The molecule has 7 nitrogen and oxygen atoms in total. The van der Waals surface area contributed by atoms with Gasteiger partial charge >= 0.3 is 0 Å². The summed E-state index contributed by atoms with van der Waals surface area (Å²) in [5.74, 6) is 1.29. The van der Waals surface area contributed by atoms with Gasteiger partial charge < -0.3 is 10.1 Å². The van der Waals surface area contributed by atoms with Crippen molar-refractivity contribution in [2.45, 2.75) is 17.3 Å². The number of thioether (sulfide) groups is 1. The summed E-state index contributed by atoms with van der Waals surface area (Å²) in [5.41, 5.74) is 0.898. The Balaban J connectivity index is 1.63. The fourth-order valence-corrected chi connectivity index (χ4v) is 3.14. The first-order chi connectivity index (χ1) is 11.7. The summed E-state index contributed by atoms with van der Waals surface area (Å²) in [6.45, 7) is 1.80. The van der Waals surface area contributed by atoms with Crippen molar-refractivity contribution in [2.24, 2.45) is 0 Å². The third kappa shape index (κ3) is 3.92. The average molecular weight is 361 g/mol. The van der Waals surface area contributed by atoms with Gasteiger partial charge in [-0.3, -0.25) is 9.89 Å². The summed E-state index contributed by atoms with van der Waals surface area (Å²) in [7, 11) is 1.62. The smallest absolute Gasteiger partial charge is 0.239 e. The maximum absolute atomic E-state index is 12.1. The molecule has 0 bridgehead atoms. The van der Waals surface area contributed by atoms with Crippen molar-refractivity contribution in [3.63, 3.8) is 0 Å². The number of nitrogens with one attached hydrogen (secondary N) is 2. The fraction of sp³-hybridized carbons (Fsp3) is 0.200. The summed E-state index contributed by atoms with van der Waals surface area (Å²) >= 11 is 2.66. The lowest BCUT2D eigenvalue weighted by Gasteiger charge is -2.07. The Morgan fingerprint density at radius 1 is 1.38 bits per heavy atom. The van der Waals surface area contributed by atoms with Gasteiger partial charge in [-0.1, -0.05) is 11.8 Å². The summed E-state index contributed by atoms with van der Waals surface area (Å²) in [6, 6.07) is 7.50. The normalized spacial score (nSPS) is 11.9. The lowest BCUT2D eigenvalue weighted by molar-refractivity contribution is -0.115. The topological polar surface area (TPSA) is 92.8 Å². The number of aromatic nitrogens is 4. The van der Waals surface area contributed by atoms with Gasteiger partial charge in [0.1, 0.15) is 5.75 Å². The summed E-state index contributed by atoms with van der Waals surface area (Å²) in [4.78, 5) is 20.6. The molecule has 0 aliphatic heterocycles. The van der Waals surface area contributed by atoms with Crippen molar-refractivity contribution in [3.8, 4) is 17.1 Å². The molecule has 2 N–H and O–H groups in total. The molecule has 124 valence electrons. The Bertz CT molecular complexity index is 802. The van der Waals surface area contributed by atoms with Crippen LogP contribution in [0, 0.1) is 0 Å². The van der Waals surface area contributed by atoms with Crippen molar-refractivity contribution >= 4 is 34.1 Å². The van der Waals surface area contributed by atoms with Crippen LogP contribution in [0.1, 0.15) is 6.92 Å². The predicted octanol–water partition coefficient (Wildman–Crippen LogP) is 3.06. The first kappa shape index (κ1) is 16.5. The van der Waals surface area contributed by atoms with E-state index >= 15 is 0 Å². The number of rotatable bonds is 6. The van der Waals surface area contributed by atoms with Gasteiger partial charge in [-0.05, 0) is 31.2 Å². The number of H-pyrrole nitrogens is 1. The van der Waals surface area contributed by atoms with Crippen LogP contribution in [0.5, 0.6) is 5.75 Å². The SMILES string of the molecule is COc1ccc(-c2nc(S[C@@H](C)C(=O)Nc3nccs3)n[nH]2)cc1. The molecule has 0 aliphatic carbocycles. The molecule has 1 amide bonds. The van der Waals surface area contributed by atoms with E-state index in [9.17, 15) is 4.79 Å². The van der Waals surface area contributed by atoms with Crippen LogP contribution in [0.3, 0.4) is 0 Å². The van der Waals surface area contributed by atoms with E-state index in [2.05, 4.69) is 25.5 Å². The standard InChI is InChI=1S/C15H15N5O2S2/c1-9(13(21)18-14-16-7-8-23-14)24-15-17-12(19-20-15)10-3-5-11(22-2)6-4-10/h3-9H,1-2H3,(H,16,18,21)(H,17,19,20)/t9-/m0/s1. The number of amides is 1. The van der Waals surface area contributed by atoms with E-state index in [1.54, 1.807) is 20.2 Å². The molecular formula is C15H15N5O2S2. The minimum absolute atomic E-state index is 0.134.